The third-order valence-electron chi connectivity index (χ3n) is 5.28. The first kappa shape index (κ1) is 18.6. The van der Waals surface area contributed by atoms with E-state index in [1.807, 2.05) is 6.07 Å². The highest BCUT2D eigenvalue weighted by atomic mass is 16.5. The first-order valence-electron chi connectivity index (χ1n) is 9.29. The first-order valence-corrected chi connectivity index (χ1v) is 9.29. The molecule has 1 unspecified atom stereocenters. The summed E-state index contributed by atoms with van der Waals surface area (Å²) in [5.74, 6) is 1.67. The molecule has 0 radical (unpaired) electrons. The molecule has 3 rings (SSSR count). The zero-order chi connectivity index (χ0) is 18.6. The monoisotopic (exact) mass is 354 g/mol. The van der Waals surface area contributed by atoms with Crippen LogP contribution in [0.1, 0.15) is 25.8 Å². The van der Waals surface area contributed by atoms with Crippen molar-refractivity contribution in [3.05, 3.63) is 54.1 Å². The second-order valence-electron chi connectivity index (χ2n) is 7.63. The number of hydrogen-bond acceptors (Lipinski definition) is 4. The molecule has 0 spiro atoms. The van der Waals surface area contributed by atoms with E-state index in [4.69, 9.17) is 9.47 Å². The van der Waals surface area contributed by atoms with Crippen LogP contribution in [-0.4, -0.2) is 39.9 Å². The zero-order valence-electron chi connectivity index (χ0n) is 16.3. The Bertz CT molecular complexity index is 693. The fraction of sp³-hybridized carbons (Fsp3) is 0.455. The van der Waals surface area contributed by atoms with Crippen LogP contribution in [0, 0.1) is 0 Å². The Morgan fingerprint density at radius 3 is 2.31 bits per heavy atom. The molecule has 1 aliphatic rings. The molecular formula is C22H30N2O2. The van der Waals surface area contributed by atoms with Gasteiger partial charge >= 0.3 is 0 Å². The number of benzene rings is 2. The summed E-state index contributed by atoms with van der Waals surface area (Å²) in [5.41, 5.74) is 2.65. The van der Waals surface area contributed by atoms with Gasteiger partial charge in [0.05, 0.1) is 14.2 Å². The highest BCUT2D eigenvalue weighted by molar-refractivity contribution is 5.56. The van der Waals surface area contributed by atoms with Crippen LogP contribution in [0.15, 0.2) is 48.5 Å². The van der Waals surface area contributed by atoms with Crippen molar-refractivity contribution in [1.29, 1.82) is 0 Å². The minimum absolute atomic E-state index is 0.119. The normalized spacial score (nSPS) is 17.4. The molecule has 1 heterocycles. The van der Waals surface area contributed by atoms with Crippen molar-refractivity contribution in [1.82, 2.24) is 5.32 Å². The van der Waals surface area contributed by atoms with E-state index in [1.54, 1.807) is 14.2 Å². The molecule has 1 atom stereocenters. The van der Waals surface area contributed by atoms with Gasteiger partial charge in [-0.15, -0.1) is 0 Å². The van der Waals surface area contributed by atoms with E-state index in [-0.39, 0.29) is 5.41 Å². The van der Waals surface area contributed by atoms with Crippen LogP contribution in [0.5, 0.6) is 11.5 Å². The maximum absolute atomic E-state index is 5.40. The summed E-state index contributed by atoms with van der Waals surface area (Å²) in [4.78, 5) is 2.40. The van der Waals surface area contributed by atoms with Gasteiger partial charge in [0.15, 0.2) is 0 Å². The molecule has 1 fully saturated rings. The number of methoxy groups -OCH3 is 2. The molecule has 26 heavy (non-hydrogen) atoms. The van der Waals surface area contributed by atoms with E-state index in [0.717, 1.165) is 43.2 Å². The maximum atomic E-state index is 5.40. The summed E-state index contributed by atoms with van der Waals surface area (Å²) in [5, 5.41) is 3.77. The Kier molecular flexibility index (Phi) is 5.72. The Hall–Kier alpha value is -2.20. The van der Waals surface area contributed by atoms with Gasteiger partial charge in [-0.1, -0.05) is 44.2 Å². The second-order valence-corrected chi connectivity index (χ2v) is 7.63. The van der Waals surface area contributed by atoms with Crippen molar-refractivity contribution < 1.29 is 9.47 Å². The number of nitrogens with one attached hydrogen (secondary N) is 1. The molecule has 1 saturated heterocycles. The van der Waals surface area contributed by atoms with Crippen LogP contribution < -0.4 is 19.7 Å². The molecule has 140 valence electrons. The largest absolute Gasteiger partial charge is 0.497 e. The Morgan fingerprint density at radius 1 is 1.04 bits per heavy atom. The minimum atomic E-state index is 0.119. The van der Waals surface area contributed by atoms with E-state index in [0.29, 0.717) is 6.04 Å². The van der Waals surface area contributed by atoms with Crippen LogP contribution in [0.4, 0.5) is 5.69 Å². The van der Waals surface area contributed by atoms with Crippen molar-refractivity contribution in [2.75, 3.05) is 38.8 Å². The van der Waals surface area contributed by atoms with Crippen molar-refractivity contribution >= 4 is 5.69 Å². The van der Waals surface area contributed by atoms with E-state index >= 15 is 0 Å². The third-order valence-corrected chi connectivity index (χ3v) is 5.28. The Labute approximate surface area is 157 Å². The van der Waals surface area contributed by atoms with Gasteiger partial charge in [-0.25, -0.2) is 0 Å². The fourth-order valence-electron chi connectivity index (χ4n) is 3.53. The van der Waals surface area contributed by atoms with Gasteiger partial charge in [-0.3, -0.25) is 0 Å². The SMILES string of the molecule is COc1cc(OC)cc(N2CCC(NCC(C)(C)c3ccccc3)C2)c1. The van der Waals surface area contributed by atoms with Crippen molar-refractivity contribution in [3.8, 4) is 11.5 Å². The molecule has 1 N–H and O–H groups in total. The lowest BCUT2D eigenvalue weighted by Gasteiger charge is -2.28. The van der Waals surface area contributed by atoms with E-state index in [1.165, 1.54) is 5.56 Å². The second kappa shape index (κ2) is 8.00. The molecule has 0 saturated carbocycles. The quantitative estimate of drug-likeness (QED) is 0.819. The minimum Gasteiger partial charge on any atom is -0.497 e. The van der Waals surface area contributed by atoms with Crippen LogP contribution in [0.25, 0.3) is 0 Å². The third kappa shape index (κ3) is 4.31. The summed E-state index contributed by atoms with van der Waals surface area (Å²) in [7, 11) is 3.39. The van der Waals surface area contributed by atoms with Crippen LogP contribution in [-0.2, 0) is 5.41 Å². The average Bonchev–Trinajstić information content (AvgIpc) is 3.16. The lowest BCUT2D eigenvalue weighted by atomic mass is 9.84. The number of ether oxygens (including phenoxy) is 2. The summed E-state index contributed by atoms with van der Waals surface area (Å²) in [6.45, 7) is 7.61. The summed E-state index contributed by atoms with van der Waals surface area (Å²) >= 11 is 0. The molecule has 4 heteroatoms. The first-order chi connectivity index (χ1) is 12.5. The maximum Gasteiger partial charge on any atom is 0.124 e. The van der Waals surface area contributed by atoms with Gasteiger partial charge in [-0.05, 0) is 12.0 Å². The van der Waals surface area contributed by atoms with Crippen LogP contribution >= 0.6 is 0 Å². The molecule has 0 aliphatic carbocycles. The van der Waals surface area contributed by atoms with Crippen LogP contribution in [0.3, 0.4) is 0 Å². The average molecular weight is 354 g/mol. The lowest BCUT2D eigenvalue weighted by Crippen LogP contribution is -2.40. The highest BCUT2D eigenvalue weighted by Gasteiger charge is 2.26. The van der Waals surface area contributed by atoms with Gasteiger partial charge in [-0.2, -0.15) is 0 Å². The van der Waals surface area contributed by atoms with Gasteiger partial charge < -0.3 is 19.7 Å². The van der Waals surface area contributed by atoms with Crippen molar-refractivity contribution in [2.45, 2.75) is 31.7 Å². The number of nitrogens with zero attached hydrogens (tertiary/aromatic N) is 1. The molecule has 0 bridgehead atoms. The number of anilines is 1. The summed E-state index contributed by atoms with van der Waals surface area (Å²) < 4.78 is 10.8. The summed E-state index contributed by atoms with van der Waals surface area (Å²) in [6.07, 6.45) is 1.14. The molecule has 1 aliphatic heterocycles. The molecule has 0 aromatic heterocycles. The molecule has 2 aromatic carbocycles. The highest BCUT2D eigenvalue weighted by Crippen LogP contribution is 2.30. The molecular weight excluding hydrogens is 324 g/mol. The van der Waals surface area contributed by atoms with E-state index < -0.39 is 0 Å². The predicted octanol–water partition coefficient (Wildman–Crippen LogP) is 3.85. The molecule has 0 amide bonds. The van der Waals surface area contributed by atoms with Crippen molar-refractivity contribution in [2.24, 2.45) is 0 Å². The fourth-order valence-corrected chi connectivity index (χ4v) is 3.53. The number of hydrogen-bond donors (Lipinski definition) is 1. The summed E-state index contributed by atoms with van der Waals surface area (Å²) in [6, 6.07) is 17.3. The Morgan fingerprint density at radius 2 is 1.69 bits per heavy atom. The number of rotatable bonds is 7. The van der Waals surface area contributed by atoms with Gasteiger partial charge in [0, 0.05) is 55.0 Å². The van der Waals surface area contributed by atoms with Gasteiger partial charge in [0.2, 0.25) is 0 Å². The zero-order valence-corrected chi connectivity index (χ0v) is 16.3. The standard InChI is InChI=1S/C22H30N2O2/c1-22(2,17-8-6-5-7-9-17)16-23-18-10-11-24(15-18)19-12-20(25-3)14-21(13-19)26-4/h5-9,12-14,18,23H,10-11,15-16H2,1-4H3. The van der Waals surface area contributed by atoms with E-state index in [9.17, 15) is 0 Å². The van der Waals surface area contributed by atoms with Crippen LogP contribution in [0.2, 0.25) is 0 Å². The topological polar surface area (TPSA) is 33.7 Å². The molecule has 4 nitrogen and oxygen atoms in total. The Balaban J connectivity index is 1.61. The molecule has 2 aromatic rings. The van der Waals surface area contributed by atoms with E-state index in [2.05, 4.69) is 66.5 Å². The van der Waals surface area contributed by atoms with Crippen molar-refractivity contribution in [3.63, 3.8) is 0 Å². The smallest absolute Gasteiger partial charge is 0.124 e. The van der Waals surface area contributed by atoms with Gasteiger partial charge in [0.1, 0.15) is 11.5 Å². The lowest BCUT2D eigenvalue weighted by molar-refractivity contribution is 0.394. The van der Waals surface area contributed by atoms with Gasteiger partial charge in [0.25, 0.3) is 0 Å². The predicted molar refractivity (Wildman–Crippen MR) is 108 cm³/mol.